The van der Waals surface area contributed by atoms with Crippen molar-refractivity contribution in [2.75, 3.05) is 0 Å². The number of aromatic nitrogens is 3. The summed E-state index contributed by atoms with van der Waals surface area (Å²) >= 11 is 0. The molecule has 1 radical (unpaired) electrons. The predicted molar refractivity (Wildman–Crippen MR) is 240 cm³/mol. The molecular formula is C54H45IrN3. The molecule has 6 aromatic carbocycles. The molecule has 0 unspecified atom stereocenters. The van der Waals surface area contributed by atoms with Crippen molar-refractivity contribution in [1.82, 2.24) is 15.0 Å². The van der Waals surface area contributed by atoms with E-state index in [1.165, 1.54) is 66.8 Å². The van der Waals surface area contributed by atoms with Crippen LogP contribution >= 0.6 is 0 Å². The molecule has 0 spiro atoms. The first-order valence-corrected chi connectivity index (χ1v) is 19.3. The molecule has 0 fully saturated rings. The van der Waals surface area contributed by atoms with Crippen molar-refractivity contribution < 1.29 is 20.1 Å². The van der Waals surface area contributed by atoms with Gasteiger partial charge in [0.1, 0.15) is 0 Å². The van der Waals surface area contributed by atoms with Gasteiger partial charge in [-0.25, -0.2) is 0 Å². The Labute approximate surface area is 356 Å². The van der Waals surface area contributed by atoms with Crippen LogP contribution in [0.5, 0.6) is 0 Å². The van der Waals surface area contributed by atoms with Gasteiger partial charge < -0.3 is 0 Å². The van der Waals surface area contributed by atoms with Crippen molar-refractivity contribution in [2.45, 2.75) is 20.8 Å². The van der Waals surface area contributed by atoms with Gasteiger partial charge in [0.15, 0.2) is 0 Å². The predicted octanol–water partition coefficient (Wildman–Crippen LogP) is 14.2. The summed E-state index contributed by atoms with van der Waals surface area (Å²) < 4.78 is 0. The molecule has 4 heteroatoms. The van der Waals surface area contributed by atoms with E-state index in [0.717, 1.165) is 17.1 Å². The summed E-state index contributed by atoms with van der Waals surface area (Å²) in [5.74, 6) is 0. The van der Waals surface area contributed by atoms with Gasteiger partial charge in [-0.1, -0.05) is 180 Å². The van der Waals surface area contributed by atoms with Gasteiger partial charge in [-0.2, -0.15) is 0 Å². The van der Waals surface area contributed by atoms with Crippen LogP contribution < -0.4 is 0 Å². The first kappa shape index (κ1) is 41.1. The van der Waals surface area contributed by atoms with Crippen LogP contribution in [-0.2, 0) is 20.1 Å². The maximum Gasteiger partial charge on any atom is 0.0708 e. The molecule has 3 nitrogen and oxygen atoms in total. The molecular weight excluding hydrogens is 883 g/mol. The Kier molecular flexibility index (Phi) is 14.5. The molecule has 9 aromatic rings. The first-order valence-electron chi connectivity index (χ1n) is 19.3. The Morgan fingerprint density at radius 2 is 0.466 bits per heavy atom. The van der Waals surface area contributed by atoms with Gasteiger partial charge in [-0.3, -0.25) is 15.0 Å². The molecule has 3 heterocycles. The van der Waals surface area contributed by atoms with Gasteiger partial charge in [-0.05, 0) is 90.6 Å². The summed E-state index contributed by atoms with van der Waals surface area (Å²) in [5, 5.41) is 0. The minimum Gasteiger partial charge on any atom is -0.256 e. The molecule has 9 rings (SSSR count). The average molecular weight is 928 g/mol. The summed E-state index contributed by atoms with van der Waals surface area (Å²) in [6.07, 6.45) is 5.50. The third-order valence-corrected chi connectivity index (χ3v) is 9.69. The van der Waals surface area contributed by atoms with Crippen molar-refractivity contribution in [3.8, 4) is 67.2 Å². The molecule has 0 atom stereocenters. The van der Waals surface area contributed by atoms with Crippen molar-refractivity contribution in [1.29, 1.82) is 0 Å². The third-order valence-electron chi connectivity index (χ3n) is 9.69. The summed E-state index contributed by atoms with van der Waals surface area (Å²) in [5.41, 5.74) is 17.7. The monoisotopic (exact) mass is 928 g/mol. The van der Waals surface area contributed by atoms with Crippen LogP contribution in [-0.4, -0.2) is 15.0 Å². The number of hydrogen-bond donors (Lipinski definition) is 0. The summed E-state index contributed by atoms with van der Waals surface area (Å²) in [7, 11) is 0. The van der Waals surface area contributed by atoms with Gasteiger partial charge in [-0.15, -0.1) is 0 Å². The molecule has 0 saturated heterocycles. The fourth-order valence-electron chi connectivity index (χ4n) is 6.64. The van der Waals surface area contributed by atoms with Crippen LogP contribution in [0.3, 0.4) is 0 Å². The second kappa shape index (κ2) is 20.5. The molecule has 0 bridgehead atoms. The molecule has 58 heavy (non-hydrogen) atoms. The van der Waals surface area contributed by atoms with Crippen LogP contribution in [0, 0.1) is 20.8 Å². The molecule has 0 aliphatic rings. The van der Waals surface area contributed by atoms with E-state index in [9.17, 15) is 0 Å². The van der Waals surface area contributed by atoms with Gasteiger partial charge in [0.05, 0.1) is 17.1 Å². The van der Waals surface area contributed by atoms with Crippen molar-refractivity contribution in [2.24, 2.45) is 0 Å². The number of pyridine rings is 3. The Morgan fingerprint density at radius 3 is 0.690 bits per heavy atom. The standard InChI is InChI=1S/3C18H15N.Ir/c3*1-14-9-11-15(12-10-14)16-6-2-3-7-17(16)18-8-4-5-13-19-18;/h3*2-13H,1H3;. The molecule has 0 aliphatic heterocycles. The van der Waals surface area contributed by atoms with Gasteiger partial charge in [0.2, 0.25) is 0 Å². The second-order valence-corrected chi connectivity index (χ2v) is 13.9. The van der Waals surface area contributed by atoms with E-state index in [0.29, 0.717) is 0 Å². The Balaban J connectivity index is 0.000000145. The van der Waals surface area contributed by atoms with Crippen molar-refractivity contribution in [3.63, 3.8) is 0 Å². The van der Waals surface area contributed by atoms with E-state index in [-0.39, 0.29) is 20.1 Å². The third kappa shape index (κ3) is 10.6. The van der Waals surface area contributed by atoms with E-state index < -0.39 is 0 Å². The smallest absolute Gasteiger partial charge is 0.0708 e. The van der Waals surface area contributed by atoms with E-state index in [1.807, 2.05) is 73.2 Å². The topological polar surface area (TPSA) is 38.7 Å². The SMILES string of the molecule is Cc1ccc(-c2ccccc2-c2ccccn2)cc1.Cc1ccc(-c2ccccc2-c2ccccn2)cc1.Cc1ccc(-c2ccccc2-c2ccccn2)cc1.[Ir]. The van der Waals surface area contributed by atoms with Crippen LogP contribution in [0.25, 0.3) is 67.2 Å². The van der Waals surface area contributed by atoms with Crippen LogP contribution in [0.15, 0.2) is 219 Å². The van der Waals surface area contributed by atoms with Crippen molar-refractivity contribution in [3.05, 3.63) is 235 Å². The fourth-order valence-corrected chi connectivity index (χ4v) is 6.64. The van der Waals surface area contributed by atoms with Gasteiger partial charge in [0, 0.05) is 55.4 Å². The van der Waals surface area contributed by atoms with E-state index >= 15 is 0 Å². The van der Waals surface area contributed by atoms with Crippen molar-refractivity contribution >= 4 is 0 Å². The number of rotatable bonds is 6. The second-order valence-electron chi connectivity index (χ2n) is 13.9. The zero-order valence-electron chi connectivity index (χ0n) is 33.0. The molecule has 3 aromatic heterocycles. The summed E-state index contributed by atoms with van der Waals surface area (Å²) in [6.45, 7) is 6.32. The molecule has 0 saturated carbocycles. The number of benzene rings is 6. The minimum atomic E-state index is 0. The molecule has 285 valence electrons. The zero-order chi connectivity index (χ0) is 39.2. The van der Waals surface area contributed by atoms with Gasteiger partial charge in [0.25, 0.3) is 0 Å². The normalized spacial score (nSPS) is 10.2. The maximum absolute atomic E-state index is 4.45. The number of aryl methyl sites for hydroxylation is 3. The van der Waals surface area contributed by atoms with E-state index in [1.54, 1.807) is 0 Å². The van der Waals surface area contributed by atoms with Crippen LogP contribution in [0.4, 0.5) is 0 Å². The molecule has 0 aliphatic carbocycles. The first-order chi connectivity index (χ1) is 28.0. The quantitative estimate of drug-likeness (QED) is 0.167. The van der Waals surface area contributed by atoms with E-state index in [2.05, 4.69) is 181 Å². The van der Waals surface area contributed by atoms with Gasteiger partial charge >= 0.3 is 0 Å². The Hall–Kier alpha value is -6.58. The Morgan fingerprint density at radius 1 is 0.241 bits per heavy atom. The largest absolute Gasteiger partial charge is 0.256 e. The van der Waals surface area contributed by atoms with Crippen LogP contribution in [0.2, 0.25) is 0 Å². The fraction of sp³-hybridized carbons (Fsp3) is 0.0556. The summed E-state index contributed by atoms with van der Waals surface area (Å²) in [6, 6.07) is 69.1. The average Bonchev–Trinajstić information content (AvgIpc) is 3.29. The Bertz CT molecular complexity index is 2310. The maximum atomic E-state index is 4.45. The number of nitrogens with zero attached hydrogens (tertiary/aromatic N) is 3. The van der Waals surface area contributed by atoms with E-state index in [4.69, 9.17) is 0 Å². The van der Waals surface area contributed by atoms with Crippen LogP contribution in [0.1, 0.15) is 16.7 Å². The molecule has 0 amide bonds. The number of hydrogen-bond acceptors (Lipinski definition) is 3. The summed E-state index contributed by atoms with van der Waals surface area (Å²) in [4.78, 5) is 13.4. The zero-order valence-corrected chi connectivity index (χ0v) is 35.4. The molecule has 0 N–H and O–H groups in total. The minimum absolute atomic E-state index is 0.